The maximum Gasteiger partial charge on any atom is 0.222 e. The molecule has 0 amide bonds. The summed E-state index contributed by atoms with van der Waals surface area (Å²) in [4.78, 5) is 0.835. The molecule has 0 aliphatic rings. The molecule has 0 fully saturated rings. The third-order valence-corrected chi connectivity index (χ3v) is 1.47. The van der Waals surface area contributed by atoms with Crippen molar-refractivity contribution in [2.75, 3.05) is 5.23 Å². The maximum absolute atomic E-state index is 5.52. The van der Waals surface area contributed by atoms with Gasteiger partial charge in [0.15, 0.2) is 0 Å². The standard InChI is InChI=1S/C6H5B2NS/c7-5-2-1-4(10)3-6(5)9-8/h1-3,9-10H. The van der Waals surface area contributed by atoms with Crippen molar-refractivity contribution >= 4 is 39.6 Å². The Morgan fingerprint density at radius 1 is 1.40 bits per heavy atom. The molecule has 0 aliphatic carbocycles. The van der Waals surface area contributed by atoms with Gasteiger partial charge in [-0.1, -0.05) is 11.5 Å². The van der Waals surface area contributed by atoms with Crippen molar-refractivity contribution in [3.63, 3.8) is 0 Å². The summed E-state index contributed by atoms with van der Waals surface area (Å²) in [5, 5.41) is 2.46. The van der Waals surface area contributed by atoms with E-state index in [1.54, 1.807) is 18.2 Å². The monoisotopic (exact) mass is 145 g/mol. The molecular weight excluding hydrogens is 140 g/mol. The van der Waals surface area contributed by atoms with Crippen LogP contribution in [-0.4, -0.2) is 15.8 Å². The van der Waals surface area contributed by atoms with Crippen LogP contribution in [0.3, 0.4) is 0 Å². The van der Waals surface area contributed by atoms with Crippen LogP contribution in [-0.2, 0) is 0 Å². The van der Waals surface area contributed by atoms with Crippen LogP contribution >= 0.6 is 12.6 Å². The number of hydrogen-bond donors (Lipinski definition) is 2. The fourth-order valence-electron chi connectivity index (χ4n) is 0.669. The molecule has 0 spiro atoms. The van der Waals surface area contributed by atoms with Gasteiger partial charge in [-0.15, -0.1) is 12.6 Å². The molecule has 0 saturated carbocycles. The Morgan fingerprint density at radius 3 is 2.60 bits per heavy atom. The van der Waals surface area contributed by atoms with Crippen molar-refractivity contribution in [2.45, 2.75) is 4.90 Å². The zero-order valence-electron chi connectivity index (χ0n) is 5.33. The summed E-state index contributed by atoms with van der Waals surface area (Å²) in [6.07, 6.45) is 0. The van der Waals surface area contributed by atoms with E-state index in [9.17, 15) is 0 Å². The minimum absolute atomic E-state index is 0.625. The molecule has 1 nitrogen and oxygen atoms in total. The Kier molecular flexibility index (Phi) is 2.33. The third kappa shape index (κ3) is 1.51. The minimum atomic E-state index is 0.625. The predicted octanol–water partition coefficient (Wildman–Crippen LogP) is 0.264. The highest BCUT2D eigenvalue weighted by molar-refractivity contribution is 7.80. The van der Waals surface area contributed by atoms with Gasteiger partial charge >= 0.3 is 0 Å². The van der Waals surface area contributed by atoms with Crippen LogP contribution in [0.4, 0.5) is 5.69 Å². The van der Waals surface area contributed by atoms with E-state index in [0.717, 1.165) is 4.90 Å². The molecule has 1 aromatic carbocycles. The zero-order valence-corrected chi connectivity index (χ0v) is 6.23. The van der Waals surface area contributed by atoms with Gasteiger partial charge in [-0.25, -0.2) is 0 Å². The van der Waals surface area contributed by atoms with Crippen LogP contribution in [0.5, 0.6) is 0 Å². The summed E-state index contributed by atoms with van der Waals surface area (Å²) in [6.45, 7) is 0. The first-order chi connectivity index (χ1) is 4.74. The maximum atomic E-state index is 5.52. The highest BCUT2D eigenvalue weighted by Gasteiger charge is 1.92. The molecule has 0 aliphatic heterocycles. The van der Waals surface area contributed by atoms with Gasteiger partial charge in [0.2, 0.25) is 7.98 Å². The lowest BCUT2D eigenvalue weighted by atomic mass is 9.93. The van der Waals surface area contributed by atoms with Crippen LogP contribution in [0.2, 0.25) is 0 Å². The molecule has 10 heavy (non-hydrogen) atoms. The molecule has 0 heterocycles. The summed E-state index contributed by atoms with van der Waals surface area (Å²) in [6, 6.07) is 5.31. The summed E-state index contributed by atoms with van der Waals surface area (Å²) in [5.41, 5.74) is 1.33. The predicted molar refractivity (Wildman–Crippen MR) is 48.5 cm³/mol. The molecule has 1 N–H and O–H groups in total. The number of nitrogens with one attached hydrogen (secondary N) is 1. The molecule has 4 heteroatoms. The largest absolute Gasteiger partial charge is 0.438 e. The highest BCUT2D eigenvalue weighted by atomic mass is 32.1. The molecule has 1 rings (SSSR count). The lowest BCUT2D eigenvalue weighted by molar-refractivity contribution is 1.50. The molecule has 0 aromatic heterocycles. The zero-order chi connectivity index (χ0) is 7.56. The van der Waals surface area contributed by atoms with Gasteiger partial charge in [0.05, 0.1) is 0 Å². The first-order valence-corrected chi connectivity index (χ1v) is 3.24. The summed E-state index contributed by atoms with van der Waals surface area (Å²) in [5.74, 6) is 0. The quantitative estimate of drug-likeness (QED) is 0.426. The Bertz CT molecular complexity index is 239. The van der Waals surface area contributed by atoms with Crippen molar-refractivity contribution in [3.05, 3.63) is 18.2 Å². The van der Waals surface area contributed by atoms with Crippen molar-refractivity contribution in [3.8, 4) is 0 Å². The minimum Gasteiger partial charge on any atom is -0.438 e. The Morgan fingerprint density at radius 2 is 2.10 bits per heavy atom. The Hall–Kier alpha value is -0.500. The van der Waals surface area contributed by atoms with Crippen LogP contribution in [0, 0.1) is 0 Å². The number of benzene rings is 1. The van der Waals surface area contributed by atoms with Crippen LogP contribution in [0.15, 0.2) is 23.1 Å². The molecular formula is C6H5B2NS. The lowest BCUT2D eigenvalue weighted by Gasteiger charge is -2.04. The Labute approximate surface area is 68.5 Å². The molecule has 1 aromatic rings. The smallest absolute Gasteiger partial charge is 0.222 e. The fraction of sp³-hybridized carbons (Fsp3) is 0. The molecule has 46 valence electrons. The van der Waals surface area contributed by atoms with E-state index in [-0.39, 0.29) is 0 Å². The molecule has 0 atom stereocenters. The summed E-state index contributed by atoms with van der Waals surface area (Å²) >= 11 is 4.10. The molecule has 0 saturated heterocycles. The number of anilines is 1. The van der Waals surface area contributed by atoms with E-state index in [0.29, 0.717) is 11.2 Å². The SMILES string of the molecule is [B]Nc1cc(S)ccc1[B]. The van der Waals surface area contributed by atoms with Gasteiger partial charge in [0.1, 0.15) is 7.85 Å². The summed E-state index contributed by atoms with van der Waals surface area (Å²) < 4.78 is 0. The third-order valence-electron chi connectivity index (χ3n) is 1.19. The van der Waals surface area contributed by atoms with Crippen molar-refractivity contribution in [1.82, 2.24) is 0 Å². The van der Waals surface area contributed by atoms with Crippen molar-refractivity contribution < 1.29 is 0 Å². The second-order valence-electron chi connectivity index (χ2n) is 1.92. The Balaban J connectivity index is 3.09. The van der Waals surface area contributed by atoms with Crippen LogP contribution in [0.1, 0.15) is 0 Å². The number of rotatable bonds is 1. The normalized spacial score (nSPS) is 9.30. The highest BCUT2D eigenvalue weighted by Crippen LogP contribution is 2.09. The van der Waals surface area contributed by atoms with E-state index in [2.05, 4.69) is 17.9 Å². The first-order valence-electron chi connectivity index (χ1n) is 2.79. The molecule has 4 radical (unpaired) electrons. The number of thiol groups is 1. The van der Waals surface area contributed by atoms with Gasteiger partial charge in [0.25, 0.3) is 0 Å². The van der Waals surface area contributed by atoms with Gasteiger partial charge in [-0.2, -0.15) is 0 Å². The molecule has 0 bridgehead atoms. The van der Waals surface area contributed by atoms with E-state index >= 15 is 0 Å². The first kappa shape index (κ1) is 7.61. The van der Waals surface area contributed by atoms with Gasteiger partial charge < -0.3 is 5.23 Å². The molecule has 0 unspecified atom stereocenters. The van der Waals surface area contributed by atoms with E-state index in [4.69, 9.17) is 15.8 Å². The van der Waals surface area contributed by atoms with Gasteiger partial charge in [-0.3, -0.25) is 0 Å². The van der Waals surface area contributed by atoms with Crippen molar-refractivity contribution in [2.24, 2.45) is 0 Å². The second-order valence-corrected chi connectivity index (χ2v) is 2.43. The topological polar surface area (TPSA) is 12.0 Å². The van der Waals surface area contributed by atoms with Gasteiger partial charge in [-0.05, 0) is 12.1 Å². The summed E-state index contributed by atoms with van der Waals surface area (Å²) in [7, 11) is 10.7. The van der Waals surface area contributed by atoms with E-state index in [1.165, 1.54) is 0 Å². The number of hydrogen-bond acceptors (Lipinski definition) is 2. The van der Waals surface area contributed by atoms with Crippen LogP contribution < -0.4 is 10.7 Å². The lowest BCUT2D eigenvalue weighted by Crippen LogP contribution is -2.09. The average Bonchev–Trinajstić information content (AvgIpc) is 1.94. The average molecular weight is 145 g/mol. The fourth-order valence-corrected chi connectivity index (χ4v) is 0.873. The van der Waals surface area contributed by atoms with E-state index in [1.807, 2.05) is 0 Å². The van der Waals surface area contributed by atoms with Crippen molar-refractivity contribution in [1.29, 1.82) is 0 Å². The van der Waals surface area contributed by atoms with Crippen LogP contribution in [0.25, 0.3) is 0 Å². The van der Waals surface area contributed by atoms with Gasteiger partial charge in [0, 0.05) is 10.6 Å². The van der Waals surface area contributed by atoms with E-state index < -0.39 is 0 Å². The second kappa shape index (κ2) is 3.06.